The summed E-state index contributed by atoms with van der Waals surface area (Å²) in [6.07, 6.45) is 2.76. The number of benzene rings is 2. The van der Waals surface area contributed by atoms with Crippen molar-refractivity contribution in [1.29, 1.82) is 0 Å². The second kappa shape index (κ2) is 6.52. The van der Waals surface area contributed by atoms with Gasteiger partial charge in [0.15, 0.2) is 5.78 Å². The number of carbonyl (C=O) groups excluding carboxylic acids is 1. The first-order valence-electron chi connectivity index (χ1n) is 5.89. The number of nitro groups is 1. The maximum Gasteiger partial charge on any atom is 0.270 e. The summed E-state index contributed by atoms with van der Waals surface area (Å²) in [6, 6.07) is 10.5. The summed E-state index contributed by atoms with van der Waals surface area (Å²) < 4.78 is 0. The van der Waals surface area contributed by atoms with Crippen LogP contribution in [-0.4, -0.2) is 10.7 Å². The molecule has 0 fully saturated rings. The summed E-state index contributed by atoms with van der Waals surface area (Å²) in [6.45, 7) is 0. The van der Waals surface area contributed by atoms with Crippen LogP contribution in [0, 0.1) is 10.1 Å². The van der Waals surface area contributed by atoms with Crippen LogP contribution in [0.25, 0.3) is 6.08 Å². The molecule has 0 aliphatic carbocycles. The zero-order valence-corrected chi connectivity index (χ0v) is 12.1. The van der Waals surface area contributed by atoms with Gasteiger partial charge in [-0.25, -0.2) is 0 Å². The Labute approximate surface area is 130 Å². The number of ketones is 1. The quantitative estimate of drug-likeness (QED) is 0.352. The summed E-state index contributed by atoms with van der Waals surface area (Å²) in [7, 11) is 0. The van der Waals surface area contributed by atoms with Gasteiger partial charge in [-0.15, -0.1) is 0 Å². The number of hydrogen-bond donors (Lipinski definition) is 0. The summed E-state index contributed by atoms with van der Waals surface area (Å²) in [5.74, 6) is -0.241. The van der Waals surface area contributed by atoms with Crippen LogP contribution in [0.3, 0.4) is 0 Å². The highest BCUT2D eigenvalue weighted by molar-refractivity contribution is 6.32. The van der Waals surface area contributed by atoms with Gasteiger partial charge in [-0.2, -0.15) is 0 Å². The predicted molar refractivity (Wildman–Crippen MR) is 82.9 cm³/mol. The number of nitro benzene ring substituents is 1. The maximum atomic E-state index is 12.0. The van der Waals surface area contributed by atoms with E-state index in [0.717, 1.165) is 0 Å². The van der Waals surface area contributed by atoms with Crippen molar-refractivity contribution >= 4 is 40.7 Å². The van der Waals surface area contributed by atoms with Crippen LogP contribution in [0.4, 0.5) is 5.69 Å². The van der Waals surface area contributed by atoms with Gasteiger partial charge in [0.25, 0.3) is 5.69 Å². The van der Waals surface area contributed by atoms with E-state index in [0.29, 0.717) is 21.2 Å². The fraction of sp³-hybridized carbons (Fsp3) is 0. The molecule has 2 rings (SSSR count). The van der Waals surface area contributed by atoms with Crippen LogP contribution in [-0.2, 0) is 0 Å². The monoisotopic (exact) mass is 321 g/mol. The lowest BCUT2D eigenvalue weighted by molar-refractivity contribution is -0.384. The molecule has 2 aromatic carbocycles. The minimum Gasteiger partial charge on any atom is -0.289 e. The molecule has 2 aromatic rings. The fourth-order valence-electron chi connectivity index (χ4n) is 1.65. The number of hydrogen-bond acceptors (Lipinski definition) is 3. The van der Waals surface area contributed by atoms with Crippen LogP contribution in [0.15, 0.2) is 48.5 Å². The molecular weight excluding hydrogens is 313 g/mol. The van der Waals surface area contributed by atoms with Gasteiger partial charge < -0.3 is 0 Å². The molecule has 0 bridgehead atoms. The third-order valence-corrected chi connectivity index (χ3v) is 3.33. The van der Waals surface area contributed by atoms with Crippen molar-refractivity contribution in [2.24, 2.45) is 0 Å². The molecule has 0 amide bonds. The second-order valence-electron chi connectivity index (χ2n) is 4.17. The van der Waals surface area contributed by atoms with E-state index in [1.807, 2.05) is 0 Å². The van der Waals surface area contributed by atoms with E-state index < -0.39 is 4.92 Å². The Morgan fingerprint density at radius 1 is 1.10 bits per heavy atom. The number of allylic oxidation sites excluding steroid dienone is 1. The highest BCUT2D eigenvalue weighted by Gasteiger charge is 2.08. The Hall–Kier alpha value is -2.17. The average molecular weight is 322 g/mol. The molecular formula is C15H9Cl2NO3. The summed E-state index contributed by atoms with van der Waals surface area (Å²) in [5, 5.41) is 11.6. The third kappa shape index (κ3) is 3.90. The van der Waals surface area contributed by atoms with Gasteiger partial charge in [-0.3, -0.25) is 14.9 Å². The molecule has 0 N–H and O–H groups in total. The molecule has 0 aliphatic heterocycles. The minimum absolute atomic E-state index is 0.0852. The molecule has 0 spiro atoms. The van der Waals surface area contributed by atoms with E-state index in [1.54, 1.807) is 24.3 Å². The lowest BCUT2D eigenvalue weighted by atomic mass is 10.1. The second-order valence-corrected chi connectivity index (χ2v) is 5.01. The van der Waals surface area contributed by atoms with Crippen molar-refractivity contribution in [3.63, 3.8) is 0 Å². The van der Waals surface area contributed by atoms with Gasteiger partial charge in [0.2, 0.25) is 0 Å². The van der Waals surface area contributed by atoms with Crippen molar-refractivity contribution < 1.29 is 9.72 Å². The maximum absolute atomic E-state index is 12.0. The van der Waals surface area contributed by atoms with Gasteiger partial charge in [0.1, 0.15) is 0 Å². The van der Waals surface area contributed by atoms with E-state index in [9.17, 15) is 14.9 Å². The minimum atomic E-state index is -0.519. The van der Waals surface area contributed by atoms with Crippen molar-refractivity contribution in [1.82, 2.24) is 0 Å². The molecule has 0 radical (unpaired) electrons. The standard InChI is InChI=1S/C15H9Cl2NO3/c16-12-4-1-10(2-5-12)15(19)8-3-11-9-13(18(20)21)6-7-14(11)17/h1-9H. The highest BCUT2D eigenvalue weighted by atomic mass is 35.5. The number of carbonyl (C=O) groups is 1. The number of halogens is 2. The van der Waals surface area contributed by atoms with Crippen LogP contribution in [0.2, 0.25) is 10.0 Å². The molecule has 4 nitrogen and oxygen atoms in total. The number of non-ortho nitro benzene ring substituents is 1. The largest absolute Gasteiger partial charge is 0.289 e. The zero-order valence-electron chi connectivity index (χ0n) is 10.6. The lowest BCUT2D eigenvalue weighted by Crippen LogP contribution is -1.93. The molecule has 0 unspecified atom stereocenters. The van der Waals surface area contributed by atoms with Crippen LogP contribution in [0.5, 0.6) is 0 Å². The molecule has 106 valence electrons. The van der Waals surface area contributed by atoms with E-state index in [4.69, 9.17) is 23.2 Å². The van der Waals surface area contributed by atoms with E-state index in [1.165, 1.54) is 30.4 Å². The number of nitrogens with zero attached hydrogens (tertiary/aromatic N) is 1. The molecule has 0 saturated heterocycles. The summed E-state index contributed by atoms with van der Waals surface area (Å²) >= 11 is 11.7. The Bertz CT molecular complexity index is 724. The molecule has 0 aromatic heterocycles. The zero-order chi connectivity index (χ0) is 15.4. The molecule has 0 saturated carbocycles. The topological polar surface area (TPSA) is 60.2 Å². The first-order chi connectivity index (χ1) is 9.97. The number of rotatable bonds is 4. The Balaban J connectivity index is 2.24. The molecule has 0 heterocycles. The smallest absolute Gasteiger partial charge is 0.270 e. The van der Waals surface area contributed by atoms with E-state index in [2.05, 4.69) is 0 Å². The van der Waals surface area contributed by atoms with E-state index in [-0.39, 0.29) is 11.5 Å². The molecule has 21 heavy (non-hydrogen) atoms. The molecule has 6 heteroatoms. The van der Waals surface area contributed by atoms with Crippen molar-refractivity contribution in [3.8, 4) is 0 Å². The van der Waals surface area contributed by atoms with E-state index >= 15 is 0 Å². The average Bonchev–Trinajstić information content (AvgIpc) is 2.46. The summed E-state index contributed by atoms with van der Waals surface area (Å²) in [4.78, 5) is 22.1. The van der Waals surface area contributed by atoms with Crippen LogP contribution >= 0.6 is 23.2 Å². The van der Waals surface area contributed by atoms with Gasteiger partial charge in [-0.05, 0) is 48.0 Å². The van der Waals surface area contributed by atoms with Crippen molar-refractivity contribution in [2.45, 2.75) is 0 Å². The predicted octanol–water partition coefficient (Wildman–Crippen LogP) is 4.80. The summed E-state index contributed by atoms with van der Waals surface area (Å²) in [5.41, 5.74) is 0.795. The Morgan fingerprint density at radius 2 is 1.76 bits per heavy atom. The van der Waals surface area contributed by atoms with Crippen LogP contribution in [0.1, 0.15) is 15.9 Å². The van der Waals surface area contributed by atoms with Crippen molar-refractivity contribution in [2.75, 3.05) is 0 Å². The lowest BCUT2D eigenvalue weighted by Gasteiger charge is -1.99. The van der Waals surface area contributed by atoms with Gasteiger partial charge >= 0.3 is 0 Å². The third-order valence-electron chi connectivity index (χ3n) is 2.73. The van der Waals surface area contributed by atoms with Gasteiger partial charge in [-0.1, -0.05) is 23.2 Å². The van der Waals surface area contributed by atoms with Crippen LogP contribution < -0.4 is 0 Å². The molecule has 0 aliphatic rings. The normalized spacial score (nSPS) is 10.8. The Morgan fingerprint density at radius 3 is 2.38 bits per heavy atom. The first kappa shape index (κ1) is 15.2. The SMILES string of the molecule is O=C(C=Cc1cc([N+](=O)[O-])ccc1Cl)c1ccc(Cl)cc1. The fourth-order valence-corrected chi connectivity index (χ4v) is 1.95. The highest BCUT2D eigenvalue weighted by Crippen LogP contribution is 2.23. The van der Waals surface area contributed by atoms with Gasteiger partial charge in [0.05, 0.1) is 4.92 Å². The molecule has 0 atom stereocenters. The van der Waals surface area contributed by atoms with Gasteiger partial charge in [0, 0.05) is 27.7 Å². The Kier molecular flexibility index (Phi) is 4.73. The first-order valence-corrected chi connectivity index (χ1v) is 6.65. The van der Waals surface area contributed by atoms with Crippen molar-refractivity contribution in [3.05, 3.63) is 79.8 Å².